The van der Waals surface area contributed by atoms with Gasteiger partial charge in [0.1, 0.15) is 5.75 Å². The lowest BCUT2D eigenvalue weighted by molar-refractivity contribution is 0.0970. The quantitative estimate of drug-likeness (QED) is 0.740. The highest BCUT2D eigenvalue weighted by Gasteiger charge is 2.22. The maximum atomic E-state index is 11.9. The van der Waals surface area contributed by atoms with E-state index in [0.717, 1.165) is 41.7 Å². The summed E-state index contributed by atoms with van der Waals surface area (Å²) in [6.45, 7) is 2.09. The maximum absolute atomic E-state index is 11.9. The Balaban J connectivity index is 2.61. The number of benzene rings is 1. The van der Waals surface area contributed by atoms with Crippen LogP contribution in [0.5, 0.6) is 5.75 Å². The molecule has 0 bridgehead atoms. The molecule has 1 aliphatic carbocycles. The lowest BCUT2D eigenvalue weighted by Crippen LogP contribution is -2.14. The fourth-order valence-electron chi connectivity index (χ4n) is 2.31. The summed E-state index contributed by atoms with van der Waals surface area (Å²) in [6, 6.07) is 4.00. The highest BCUT2D eigenvalue weighted by molar-refractivity contribution is 6.00. The Morgan fingerprint density at radius 1 is 1.33 bits per heavy atom. The fourth-order valence-corrected chi connectivity index (χ4v) is 2.31. The van der Waals surface area contributed by atoms with Gasteiger partial charge in [-0.05, 0) is 30.9 Å². The van der Waals surface area contributed by atoms with E-state index in [-0.39, 0.29) is 5.78 Å². The third-order valence-corrected chi connectivity index (χ3v) is 3.07. The number of methoxy groups -OCH3 is 1. The van der Waals surface area contributed by atoms with Crippen LogP contribution >= 0.6 is 0 Å². The minimum Gasteiger partial charge on any atom is -0.496 e. The number of hydrogen-bond donors (Lipinski definition) is 0. The summed E-state index contributed by atoms with van der Waals surface area (Å²) < 4.78 is 5.31. The molecule has 0 N–H and O–H groups in total. The number of aryl methyl sites for hydroxylation is 1. The molecule has 0 fully saturated rings. The van der Waals surface area contributed by atoms with Crippen LogP contribution in [0.15, 0.2) is 12.1 Å². The first-order valence-corrected chi connectivity index (χ1v) is 5.49. The third kappa shape index (κ3) is 1.65. The van der Waals surface area contributed by atoms with Crippen molar-refractivity contribution in [2.45, 2.75) is 32.6 Å². The summed E-state index contributed by atoms with van der Waals surface area (Å²) in [5.41, 5.74) is 3.21. The molecule has 2 heteroatoms. The van der Waals surface area contributed by atoms with Crippen LogP contribution < -0.4 is 4.74 Å². The molecule has 0 saturated heterocycles. The Labute approximate surface area is 90.3 Å². The molecule has 80 valence electrons. The van der Waals surface area contributed by atoms with Crippen molar-refractivity contribution in [2.24, 2.45) is 0 Å². The Hall–Kier alpha value is -1.31. The molecule has 0 aromatic heterocycles. The smallest absolute Gasteiger partial charge is 0.163 e. The summed E-state index contributed by atoms with van der Waals surface area (Å²) in [6.07, 6.45) is 3.53. The topological polar surface area (TPSA) is 26.3 Å². The number of Topliss-reactive ketones (excluding diaryl/α,β-unsaturated/α-hetero) is 1. The lowest BCUT2D eigenvalue weighted by Gasteiger charge is -2.20. The van der Waals surface area contributed by atoms with Gasteiger partial charge in [0, 0.05) is 17.5 Å². The number of carbonyl (C=O) groups excluding carboxylic acids is 1. The van der Waals surface area contributed by atoms with Crippen molar-refractivity contribution < 1.29 is 9.53 Å². The summed E-state index contributed by atoms with van der Waals surface area (Å²) in [4.78, 5) is 11.9. The van der Waals surface area contributed by atoms with E-state index in [9.17, 15) is 4.79 Å². The molecule has 0 unspecified atom stereocenters. The molecule has 1 aromatic rings. The maximum Gasteiger partial charge on any atom is 0.163 e. The van der Waals surface area contributed by atoms with Crippen molar-refractivity contribution in [1.82, 2.24) is 0 Å². The molecular weight excluding hydrogens is 188 g/mol. The minimum absolute atomic E-state index is 0.284. The first-order valence-electron chi connectivity index (χ1n) is 5.49. The van der Waals surface area contributed by atoms with E-state index in [1.165, 1.54) is 0 Å². The van der Waals surface area contributed by atoms with Gasteiger partial charge in [0.2, 0.25) is 0 Å². The molecule has 2 rings (SSSR count). The molecule has 0 atom stereocenters. The van der Waals surface area contributed by atoms with Crippen LogP contribution in [-0.2, 0) is 12.8 Å². The zero-order valence-corrected chi connectivity index (χ0v) is 9.30. The first kappa shape index (κ1) is 10.2. The van der Waals surface area contributed by atoms with Gasteiger partial charge in [0.05, 0.1) is 7.11 Å². The summed E-state index contributed by atoms with van der Waals surface area (Å²) in [5.74, 6) is 1.15. The average molecular weight is 204 g/mol. The minimum atomic E-state index is 0.284. The molecule has 1 aliphatic rings. The second-order valence-electron chi connectivity index (χ2n) is 3.91. The van der Waals surface area contributed by atoms with Gasteiger partial charge in [-0.15, -0.1) is 0 Å². The van der Waals surface area contributed by atoms with Gasteiger partial charge >= 0.3 is 0 Å². The highest BCUT2D eigenvalue weighted by atomic mass is 16.5. The number of rotatable bonds is 2. The monoisotopic (exact) mass is 204 g/mol. The summed E-state index contributed by atoms with van der Waals surface area (Å²) in [7, 11) is 1.67. The predicted molar refractivity (Wildman–Crippen MR) is 59.6 cm³/mol. The first-order chi connectivity index (χ1) is 7.27. The van der Waals surface area contributed by atoms with E-state index in [2.05, 4.69) is 6.92 Å². The van der Waals surface area contributed by atoms with E-state index >= 15 is 0 Å². The number of carbonyl (C=O) groups is 1. The van der Waals surface area contributed by atoms with Crippen LogP contribution in [0.2, 0.25) is 0 Å². The van der Waals surface area contributed by atoms with Gasteiger partial charge in [-0.2, -0.15) is 0 Å². The Kier molecular flexibility index (Phi) is 2.76. The van der Waals surface area contributed by atoms with Gasteiger partial charge in [0.25, 0.3) is 0 Å². The van der Waals surface area contributed by atoms with Gasteiger partial charge < -0.3 is 4.74 Å². The fraction of sp³-hybridized carbons (Fsp3) is 0.462. The van der Waals surface area contributed by atoms with Crippen molar-refractivity contribution in [3.8, 4) is 5.75 Å². The number of fused-ring (bicyclic) bond motifs is 1. The zero-order chi connectivity index (χ0) is 10.8. The van der Waals surface area contributed by atoms with Crippen LogP contribution in [-0.4, -0.2) is 12.9 Å². The number of ketones is 1. The number of ether oxygens (including phenoxy) is 1. The Morgan fingerprint density at radius 2 is 2.13 bits per heavy atom. The van der Waals surface area contributed by atoms with Gasteiger partial charge in [-0.1, -0.05) is 13.0 Å². The zero-order valence-electron chi connectivity index (χ0n) is 9.30. The Morgan fingerprint density at radius 3 is 2.80 bits per heavy atom. The molecule has 0 heterocycles. The Bertz CT molecular complexity index is 394. The van der Waals surface area contributed by atoms with E-state index < -0.39 is 0 Å². The molecular formula is C13H16O2. The van der Waals surface area contributed by atoms with E-state index in [1.807, 2.05) is 12.1 Å². The molecule has 0 radical (unpaired) electrons. The van der Waals surface area contributed by atoms with Crippen molar-refractivity contribution in [3.63, 3.8) is 0 Å². The van der Waals surface area contributed by atoms with Crippen LogP contribution in [0.3, 0.4) is 0 Å². The second kappa shape index (κ2) is 4.05. The average Bonchev–Trinajstić information content (AvgIpc) is 2.28. The SMILES string of the molecule is CCc1ccc(OC)c2c1C(=O)CCC2. The van der Waals surface area contributed by atoms with Crippen LogP contribution in [0.25, 0.3) is 0 Å². The van der Waals surface area contributed by atoms with Gasteiger partial charge in [-0.25, -0.2) is 0 Å². The van der Waals surface area contributed by atoms with Crippen molar-refractivity contribution in [3.05, 3.63) is 28.8 Å². The summed E-state index contributed by atoms with van der Waals surface area (Å²) in [5, 5.41) is 0. The standard InChI is InChI=1S/C13H16O2/c1-3-9-7-8-12(15-2)10-5-4-6-11(14)13(9)10/h7-8H,3-6H2,1-2H3. The number of hydrogen-bond acceptors (Lipinski definition) is 2. The third-order valence-electron chi connectivity index (χ3n) is 3.07. The molecule has 2 nitrogen and oxygen atoms in total. The van der Waals surface area contributed by atoms with E-state index in [4.69, 9.17) is 4.74 Å². The lowest BCUT2D eigenvalue weighted by atomic mass is 9.86. The normalized spacial score (nSPS) is 14.9. The van der Waals surface area contributed by atoms with E-state index in [0.29, 0.717) is 6.42 Å². The predicted octanol–water partition coefficient (Wildman–Crippen LogP) is 2.78. The van der Waals surface area contributed by atoms with E-state index in [1.54, 1.807) is 7.11 Å². The van der Waals surface area contributed by atoms with Crippen LogP contribution in [0, 0.1) is 0 Å². The summed E-state index contributed by atoms with van der Waals surface area (Å²) >= 11 is 0. The van der Waals surface area contributed by atoms with Gasteiger partial charge in [0.15, 0.2) is 5.78 Å². The van der Waals surface area contributed by atoms with Crippen LogP contribution in [0.1, 0.15) is 41.3 Å². The second-order valence-corrected chi connectivity index (χ2v) is 3.91. The molecule has 1 aromatic carbocycles. The van der Waals surface area contributed by atoms with Crippen molar-refractivity contribution in [2.75, 3.05) is 7.11 Å². The molecule has 15 heavy (non-hydrogen) atoms. The van der Waals surface area contributed by atoms with Crippen molar-refractivity contribution in [1.29, 1.82) is 0 Å². The highest BCUT2D eigenvalue weighted by Crippen LogP contribution is 2.32. The van der Waals surface area contributed by atoms with Crippen LogP contribution in [0.4, 0.5) is 0 Å². The van der Waals surface area contributed by atoms with Crippen molar-refractivity contribution >= 4 is 5.78 Å². The molecule has 0 saturated carbocycles. The largest absolute Gasteiger partial charge is 0.496 e. The molecule has 0 spiro atoms. The van der Waals surface area contributed by atoms with Gasteiger partial charge in [-0.3, -0.25) is 4.79 Å². The molecule has 0 aliphatic heterocycles. The molecule has 0 amide bonds.